The summed E-state index contributed by atoms with van der Waals surface area (Å²) < 4.78 is 0. The number of benzene rings is 1. The molecule has 17 heavy (non-hydrogen) atoms. The average molecular weight is 231 g/mol. The van der Waals surface area contributed by atoms with Crippen molar-refractivity contribution < 1.29 is 0 Å². The highest BCUT2D eigenvalue weighted by Gasteiger charge is 2.23. The summed E-state index contributed by atoms with van der Waals surface area (Å²) in [5.74, 6) is 1.70. The van der Waals surface area contributed by atoms with Gasteiger partial charge in [0.2, 0.25) is 0 Å². The summed E-state index contributed by atoms with van der Waals surface area (Å²) in [6, 6.07) is 11.4. The van der Waals surface area contributed by atoms with Crippen LogP contribution >= 0.6 is 0 Å². The van der Waals surface area contributed by atoms with Crippen molar-refractivity contribution >= 4 is 0 Å². The van der Waals surface area contributed by atoms with Gasteiger partial charge in [0.05, 0.1) is 0 Å². The molecule has 0 bridgehead atoms. The Morgan fingerprint density at radius 1 is 1.18 bits per heavy atom. The molecule has 2 rings (SSSR count). The Morgan fingerprint density at radius 3 is 2.41 bits per heavy atom. The molecule has 0 radical (unpaired) electrons. The van der Waals surface area contributed by atoms with E-state index in [1.165, 1.54) is 37.7 Å². The summed E-state index contributed by atoms with van der Waals surface area (Å²) in [5.41, 5.74) is 1.43. The highest BCUT2D eigenvalue weighted by Crippen LogP contribution is 2.34. The van der Waals surface area contributed by atoms with E-state index in [-0.39, 0.29) is 0 Å². The first kappa shape index (κ1) is 12.6. The number of nitrogens with one attached hydrogen (secondary N) is 1. The van der Waals surface area contributed by atoms with Crippen molar-refractivity contribution in [3.63, 3.8) is 0 Å². The van der Waals surface area contributed by atoms with Crippen molar-refractivity contribution in [1.82, 2.24) is 5.32 Å². The topological polar surface area (TPSA) is 12.0 Å². The lowest BCUT2D eigenvalue weighted by Crippen LogP contribution is -2.24. The molecular formula is C16H25N. The molecule has 1 nitrogen and oxygen atoms in total. The van der Waals surface area contributed by atoms with Crippen LogP contribution < -0.4 is 5.32 Å². The second-order valence-electron chi connectivity index (χ2n) is 5.54. The minimum Gasteiger partial charge on any atom is -0.313 e. The van der Waals surface area contributed by atoms with Gasteiger partial charge in [-0.15, -0.1) is 0 Å². The van der Waals surface area contributed by atoms with Gasteiger partial charge in [-0.1, -0.05) is 62.9 Å². The molecule has 0 aliphatic heterocycles. The summed E-state index contributed by atoms with van der Waals surface area (Å²) in [7, 11) is 2.09. The molecule has 1 aliphatic rings. The first-order chi connectivity index (χ1) is 8.31. The van der Waals surface area contributed by atoms with Crippen LogP contribution in [0.25, 0.3) is 0 Å². The molecule has 1 aliphatic carbocycles. The van der Waals surface area contributed by atoms with Crippen molar-refractivity contribution in [3.8, 4) is 0 Å². The van der Waals surface area contributed by atoms with Crippen LogP contribution in [0.2, 0.25) is 0 Å². The monoisotopic (exact) mass is 231 g/mol. The van der Waals surface area contributed by atoms with E-state index in [1.807, 2.05) is 0 Å². The van der Waals surface area contributed by atoms with E-state index in [9.17, 15) is 0 Å². The normalized spacial score (nSPS) is 20.4. The fourth-order valence-electron chi connectivity index (χ4n) is 3.35. The molecule has 94 valence electrons. The summed E-state index contributed by atoms with van der Waals surface area (Å²) in [5, 5.41) is 3.49. The Labute approximate surface area is 106 Å². The lowest BCUT2D eigenvalue weighted by Gasteiger charge is -2.26. The van der Waals surface area contributed by atoms with Gasteiger partial charge in [0.1, 0.15) is 0 Å². The lowest BCUT2D eigenvalue weighted by molar-refractivity contribution is 0.322. The molecule has 0 aromatic heterocycles. The summed E-state index contributed by atoms with van der Waals surface area (Å²) in [4.78, 5) is 0. The van der Waals surface area contributed by atoms with E-state index >= 15 is 0 Å². The second kappa shape index (κ2) is 6.20. The van der Waals surface area contributed by atoms with Crippen molar-refractivity contribution in [1.29, 1.82) is 0 Å². The van der Waals surface area contributed by atoms with Crippen LogP contribution in [0.3, 0.4) is 0 Å². The Bertz CT molecular complexity index is 314. The molecule has 0 saturated heterocycles. The largest absolute Gasteiger partial charge is 0.313 e. The third-order valence-corrected chi connectivity index (χ3v) is 4.22. The first-order valence-electron chi connectivity index (χ1n) is 7.03. The molecule has 0 heterocycles. The van der Waals surface area contributed by atoms with Crippen molar-refractivity contribution in [2.24, 2.45) is 11.8 Å². The predicted octanol–water partition coefficient (Wildman–Crippen LogP) is 4.16. The van der Waals surface area contributed by atoms with Crippen molar-refractivity contribution in [2.75, 3.05) is 7.05 Å². The smallest absolute Gasteiger partial charge is 0.0343 e. The van der Waals surface area contributed by atoms with Gasteiger partial charge in [-0.2, -0.15) is 0 Å². The maximum Gasteiger partial charge on any atom is 0.0343 e. The molecule has 0 amide bonds. The molecule has 1 fully saturated rings. The van der Waals surface area contributed by atoms with Crippen LogP contribution in [0.4, 0.5) is 0 Å². The lowest BCUT2D eigenvalue weighted by atomic mass is 9.86. The van der Waals surface area contributed by atoms with Gasteiger partial charge < -0.3 is 5.32 Å². The molecule has 1 saturated carbocycles. The fourth-order valence-corrected chi connectivity index (χ4v) is 3.35. The van der Waals surface area contributed by atoms with E-state index in [0.717, 1.165) is 11.8 Å². The Balaban J connectivity index is 1.97. The summed E-state index contributed by atoms with van der Waals surface area (Å²) >= 11 is 0. The highest BCUT2D eigenvalue weighted by atomic mass is 14.9. The molecule has 1 aromatic rings. The van der Waals surface area contributed by atoms with Crippen LogP contribution in [-0.4, -0.2) is 7.05 Å². The number of hydrogen-bond donors (Lipinski definition) is 1. The zero-order valence-electron chi connectivity index (χ0n) is 11.2. The summed E-state index contributed by atoms with van der Waals surface area (Å²) in [6.07, 6.45) is 7.19. The van der Waals surface area contributed by atoms with Crippen molar-refractivity contribution in [2.45, 2.75) is 45.1 Å². The molecule has 1 aromatic carbocycles. The number of hydrogen-bond acceptors (Lipinski definition) is 1. The van der Waals surface area contributed by atoms with Gasteiger partial charge in [0.15, 0.2) is 0 Å². The van der Waals surface area contributed by atoms with E-state index in [4.69, 9.17) is 0 Å². The quantitative estimate of drug-likeness (QED) is 0.802. The van der Waals surface area contributed by atoms with Gasteiger partial charge >= 0.3 is 0 Å². The molecule has 1 heteroatoms. The van der Waals surface area contributed by atoms with Gasteiger partial charge in [0, 0.05) is 6.04 Å². The van der Waals surface area contributed by atoms with Crippen molar-refractivity contribution in [3.05, 3.63) is 35.9 Å². The van der Waals surface area contributed by atoms with E-state index < -0.39 is 0 Å². The standard InChI is InChI=1S/C16H25N/c1-13(12-14-8-6-7-9-14)16(17-2)15-10-4-3-5-11-15/h3-5,10-11,13-14,16-17H,6-9,12H2,1-2H3. The third kappa shape index (κ3) is 3.32. The van der Waals surface area contributed by atoms with E-state index in [1.54, 1.807) is 0 Å². The SMILES string of the molecule is CNC(c1ccccc1)C(C)CC1CCCC1. The third-order valence-electron chi connectivity index (χ3n) is 4.22. The van der Waals surface area contributed by atoms with Gasteiger partial charge in [-0.25, -0.2) is 0 Å². The van der Waals surface area contributed by atoms with Crippen LogP contribution in [0.5, 0.6) is 0 Å². The second-order valence-corrected chi connectivity index (χ2v) is 5.54. The zero-order chi connectivity index (χ0) is 12.1. The van der Waals surface area contributed by atoms with Gasteiger partial charge in [-0.05, 0) is 30.9 Å². The first-order valence-corrected chi connectivity index (χ1v) is 7.03. The van der Waals surface area contributed by atoms with E-state index in [2.05, 4.69) is 49.6 Å². The molecule has 1 N–H and O–H groups in total. The molecule has 2 unspecified atom stereocenters. The Morgan fingerprint density at radius 2 is 1.82 bits per heavy atom. The molecule has 0 spiro atoms. The summed E-state index contributed by atoms with van der Waals surface area (Å²) in [6.45, 7) is 2.40. The Kier molecular flexibility index (Phi) is 4.61. The maximum atomic E-state index is 3.49. The zero-order valence-corrected chi connectivity index (χ0v) is 11.2. The molecule has 2 atom stereocenters. The highest BCUT2D eigenvalue weighted by molar-refractivity contribution is 5.19. The van der Waals surface area contributed by atoms with Crippen LogP contribution in [0, 0.1) is 11.8 Å². The van der Waals surface area contributed by atoms with E-state index in [0.29, 0.717) is 6.04 Å². The van der Waals surface area contributed by atoms with Gasteiger partial charge in [-0.3, -0.25) is 0 Å². The van der Waals surface area contributed by atoms with Crippen LogP contribution in [0.15, 0.2) is 30.3 Å². The maximum absolute atomic E-state index is 3.49. The average Bonchev–Trinajstić information content (AvgIpc) is 2.84. The minimum atomic E-state index is 0.511. The predicted molar refractivity (Wildman–Crippen MR) is 74.0 cm³/mol. The molecular weight excluding hydrogens is 206 g/mol. The minimum absolute atomic E-state index is 0.511. The number of rotatable bonds is 5. The van der Waals surface area contributed by atoms with Gasteiger partial charge in [0.25, 0.3) is 0 Å². The Hall–Kier alpha value is -0.820. The van der Waals surface area contributed by atoms with Crippen LogP contribution in [0.1, 0.15) is 50.6 Å². The fraction of sp³-hybridized carbons (Fsp3) is 0.625. The van der Waals surface area contributed by atoms with Crippen LogP contribution in [-0.2, 0) is 0 Å².